The second kappa shape index (κ2) is 8.71. The molecule has 3 heterocycles. The summed E-state index contributed by atoms with van der Waals surface area (Å²) in [6.45, 7) is 4.02. The molecule has 7 heteroatoms. The average molecular weight is 356 g/mol. The fourth-order valence-electron chi connectivity index (χ4n) is 3.21. The maximum atomic E-state index is 12.7. The van der Waals surface area contributed by atoms with E-state index in [4.69, 9.17) is 4.74 Å². The van der Waals surface area contributed by atoms with Crippen molar-refractivity contribution >= 4 is 5.91 Å². The number of ether oxygens (including phenoxy) is 1. The summed E-state index contributed by atoms with van der Waals surface area (Å²) >= 11 is 0. The van der Waals surface area contributed by atoms with Crippen LogP contribution in [-0.2, 0) is 22.5 Å². The normalized spacial score (nSPS) is 17.3. The molecule has 7 nitrogen and oxygen atoms in total. The summed E-state index contributed by atoms with van der Waals surface area (Å²) in [6.07, 6.45) is 6.95. The van der Waals surface area contributed by atoms with Crippen molar-refractivity contribution in [2.24, 2.45) is 0 Å². The summed E-state index contributed by atoms with van der Waals surface area (Å²) in [5.74, 6) is 0.0601. The monoisotopic (exact) mass is 356 g/mol. The molecule has 0 radical (unpaired) electrons. The van der Waals surface area contributed by atoms with E-state index in [1.54, 1.807) is 35.3 Å². The van der Waals surface area contributed by atoms with Crippen LogP contribution in [0.4, 0.5) is 0 Å². The van der Waals surface area contributed by atoms with Crippen LogP contribution >= 0.6 is 0 Å². The van der Waals surface area contributed by atoms with Crippen molar-refractivity contribution in [2.45, 2.75) is 38.8 Å². The van der Waals surface area contributed by atoms with E-state index in [2.05, 4.69) is 9.97 Å². The Morgan fingerprint density at radius 3 is 2.96 bits per heavy atom. The van der Waals surface area contributed by atoms with Crippen molar-refractivity contribution in [1.29, 1.82) is 0 Å². The quantitative estimate of drug-likeness (QED) is 0.777. The number of rotatable bonds is 6. The highest BCUT2D eigenvalue weighted by Gasteiger charge is 2.27. The van der Waals surface area contributed by atoms with Crippen LogP contribution in [0.3, 0.4) is 0 Å². The van der Waals surface area contributed by atoms with Crippen LogP contribution in [0.2, 0.25) is 0 Å². The molecule has 1 saturated heterocycles. The number of amides is 1. The molecular weight excluding hydrogens is 332 g/mol. The Balaban J connectivity index is 1.59. The number of hydrogen-bond acceptors (Lipinski definition) is 5. The predicted octanol–water partition coefficient (Wildman–Crippen LogP) is 1.20. The number of pyridine rings is 1. The Labute approximate surface area is 152 Å². The summed E-state index contributed by atoms with van der Waals surface area (Å²) in [4.78, 5) is 35.0. The van der Waals surface area contributed by atoms with Gasteiger partial charge in [0.2, 0.25) is 5.91 Å². The van der Waals surface area contributed by atoms with Gasteiger partial charge in [0.25, 0.3) is 5.56 Å². The van der Waals surface area contributed by atoms with Crippen molar-refractivity contribution in [1.82, 2.24) is 19.4 Å². The number of hydrogen-bond donors (Lipinski definition) is 0. The Bertz CT molecular complexity index is 805. The van der Waals surface area contributed by atoms with E-state index in [0.717, 1.165) is 24.2 Å². The predicted molar refractivity (Wildman–Crippen MR) is 96.7 cm³/mol. The molecule has 1 aliphatic rings. The maximum absolute atomic E-state index is 12.7. The van der Waals surface area contributed by atoms with Gasteiger partial charge in [-0.3, -0.25) is 19.6 Å². The van der Waals surface area contributed by atoms with Crippen LogP contribution in [0.15, 0.2) is 41.6 Å². The second-order valence-corrected chi connectivity index (χ2v) is 6.43. The molecule has 138 valence electrons. The molecule has 0 aromatic carbocycles. The standard InChI is InChI=1S/C19H24N4O3/c1-15-17(21-9-8-20-15)6-5-16-14-26-13-12-23(16)19(25)7-11-22-10-3-2-4-18(22)24/h2-4,8-10,16H,5-7,11-14H2,1H3/t16-/m1/s1. The molecule has 0 bridgehead atoms. The van der Waals surface area contributed by atoms with Crippen LogP contribution in [0.1, 0.15) is 24.2 Å². The molecule has 1 fully saturated rings. The van der Waals surface area contributed by atoms with Gasteiger partial charge >= 0.3 is 0 Å². The minimum atomic E-state index is -0.0862. The Kier molecular flexibility index (Phi) is 6.12. The van der Waals surface area contributed by atoms with Crippen molar-refractivity contribution in [2.75, 3.05) is 19.8 Å². The highest BCUT2D eigenvalue weighted by molar-refractivity contribution is 5.76. The molecule has 0 saturated carbocycles. The molecular formula is C19H24N4O3. The van der Waals surface area contributed by atoms with Crippen molar-refractivity contribution in [3.05, 3.63) is 58.5 Å². The first-order valence-electron chi connectivity index (χ1n) is 8.94. The number of morpholine rings is 1. The zero-order valence-corrected chi connectivity index (χ0v) is 15.0. The summed E-state index contributed by atoms with van der Waals surface area (Å²) < 4.78 is 7.14. The summed E-state index contributed by atoms with van der Waals surface area (Å²) in [7, 11) is 0. The van der Waals surface area contributed by atoms with Gasteiger partial charge < -0.3 is 14.2 Å². The van der Waals surface area contributed by atoms with Crippen LogP contribution < -0.4 is 5.56 Å². The highest BCUT2D eigenvalue weighted by atomic mass is 16.5. The van der Waals surface area contributed by atoms with Crippen molar-refractivity contribution < 1.29 is 9.53 Å². The zero-order valence-electron chi connectivity index (χ0n) is 15.0. The Morgan fingerprint density at radius 2 is 2.15 bits per heavy atom. The maximum Gasteiger partial charge on any atom is 0.250 e. The molecule has 1 amide bonds. The first-order valence-corrected chi connectivity index (χ1v) is 8.94. The lowest BCUT2D eigenvalue weighted by Gasteiger charge is -2.36. The number of nitrogens with zero attached hydrogens (tertiary/aromatic N) is 4. The smallest absolute Gasteiger partial charge is 0.250 e. The molecule has 0 spiro atoms. The molecule has 1 aliphatic heterocycles. The minimum Gasteiger partial charge on any atom is -0.377 e. The van der Waals surface area contributed by atoms with Gasteiger partial charge in [0.15, 0.2) is 0 Å². The Hall–Kier alpha value is -2.54. The minimum absolute atomic E-state index is 0.0325. The number of carbonyl (C=O) groups excluding carboxylic acids is 1. The summed E-state index contributed by atoms with van der Waals surface area (Å²) in [5.41, 5.74) is 1.80. The average Bonchev–Trinajstić information content (AvgIpc) is 2.67. The Morgan fingerprint density at radius 1 is 1.31 bits per heavy atom. The van der Waals surface area contributed by atoms with E-state index in [0.29, 0.717) is 32.7 Å². The van der Waals surface area contributed by atoms with Gasteiger partial charge in [0.05, 0.1) is 30.6 Å². The lowest BCUT2D eigenvalue weighted by atomic mass is 10.1. The lowest BCUT2D eigenvalue weighted by Crippen LogP contribution is -2.49. The lowest BCUT2D eigenvalue weighted by molar-refractivity contribution is -0.140. The van der Waals surface area contributed by atoms with Gasteiger partial charge in [-0.25, -0.2) is 0 Å². The van der Waals surface area contributed by atoms with Crippen molar-refractivity contribution in [3.63, 3.8) is 0 Å². The second-order valence-electron chi connectivity index (χ2n) is 6.43. The van der Waals surface area contributed by atoms with E-state index in [-0.39, 0.29) is 17.5 Å². The molecule has 0 N–H and O–H groups in total. The van der Waals surface area contributed by atoms with Gasteiger partial charge in [-0.2, -0.15) is 0 Å². The van der Waals surface area contributed by atoms with Gasteiger partial charge in [0.1, 0.15) is 0 Å². The van der Waals surface area contributed by atoms with Gasteiger partial charge in [-0.05, 0) is 25.8 Å². The third-order valence-corrected chi connectivity index (χ3v) is 4.71. The van der Waals surface area contributed by atoms with Gasteiger partial charge in [0, 0.05) is 44.2 Å². The number of carbonyl (C=O) groups is 1. The molecule has 26 heavy (non-hydrogen) atoms. The highest BCUT2D eigenvalue weighted by Crippen LogP contribution is 2.15. The SMILES string of the molecule is Cc1nccnc1CC[C@@H]1COCCN1C(=O)CCn1ccccc1=O. The van der Waals surface area contributed by atoms with E-state index in [1.165, 1.54) is 6.07 Å². The van der Waals surface area contributed by atoms with E-state index < -0.39 is 0 Å². The zero-order chi connectivity index (χ0) is 18.4. The number of aryl methyl sites for hydroxylation is 3. The van der Waals surface area contributed by atoms with E-state index >= 15 is 0 Å². The topological polar surface area (TPSA) is 77.3 Å². The van der Waals surface area contributed by atoms with Gasteiger partial charge in [-0.1, -0.05) is 6.07 Å². The third kappa shape index (κ3) is 4.54. The molecule has 2 aromatic heterocycles. The van der Waals surface area contributed by atoms with Crippen LogP contribution in [-0.4, -0.2) is 51.1 Å². The fourth-order valence-corrected chi connectivity index (χ4v) is 3.21. The van der Waals surface area contributed by atoms with E-state index in [1.807, 2.05) is 11.8 Å². The third-order valence-electron chi connectivity index (χ3n) is 4.71. The largest absolute Gasteiger partial charge is 0.377 e. The van der Waals surface area contributed by atoms with Crippen molar-refractivity contribution in [3.8, 4) is 0 Å². The fraction of sp³-hybridized carbons (Fsp3) is 0.474. The van der Waals surface area contributed by atoms with Gasteiger partial charge in [-0.15, -0.1) is 0 Å². The van der Waals surface area contributed by atoms with E-state index in [9.17, 15) is 9.59 Å². The molecule has 0 aliphatic carbocycles. The molecule has 2 aromatic rings. The summed E-state index contributed by atoms with van der Waals surface area (Å²) in [6, 6.07) is 5.04. The summed E-state index contributed by atoms with van der Waals surface area (Å²) in [5, 5.41) is 0. The van der Waals surface area contributed by atoms with Crippen LogP contribution in [0.5, 0.6) is 0 Å². The first kappa shape index (κ1) is 18.3. The molecule has 3 rings (SSSR count). The van der Waals surface area contributed by atoms with Crippen LogP contribution in [0.25, 0.3) is 0 Å². The van der Waals surface area contributed by atoms with Crippen LogP contribution in [0, 0.1) is 6.92 Å². The first-order chi connectivity index (χ1) is 12.6. The molecule has 0 unspecified atom stereocenters. The molecule has 1 atom stereocenters. The number of aromatic nitrogens is 3.